The molecule has 21 heavy (non-hydrogen) atoms. The van der Waals surface area contributed by atoms with E-state index in [1.54, 1.807) is 13.1 Å². The number of nitrogens with zero attached hydrogens (tertiary/aromatic N) is 2. The molecule has 1 aliphatic rings. The number of carbonyl (C=O) groups is 1. The number of allylic oxidation sites excluding steroid dienone is 1. The molecule has 0 bridgehead atoms. The molecule has 110 valence electrons. The lowest BCUT2D eigenvalue weighted by Gasteiger charge is -2.18. The minimum atomic E-state index is -0.354. The molecule has 2 heterocycles. The summed E-state index contributed by atoms with van der Waals surface area (Å²) < 4.78 is 5.10. The summed E-state index contributed by atoms with van der Waals surface area (Å²) in [6.07, 6.45) is 7.88. The lowest BCUT2D eigenvalue weighted by molar-refractivity contribution is 0.0528. The average molecular weight is 286 g/mol. The van der Waals surface area contributed by atoms with Gasteiger partial charge in [0.15, 0.2) is 0 Å². The standard InChI is InChI=1S/C15H18N4O2/c1-2-21-15(20)11-7-17-14-12(11)13(18-8-19-14)9-3-5-10(16)6-4-9/h3,7-8,10H,2,4-6,16H2,1H3,(H,17,18,19). The number of carbonyl (C=O) groups excluding carboxylic acids is 1. The highest BCUT2D eigenvalue weighted by molar-refractivity contribution is 6.06. The van der Waals surface area contributed by atoms with E-state index in [9.17, 15) is 4.79 Å². The van der Waals surface area contributed by atoms with Gasteiger partial charge in [-0.25, -0.2) is 14.8 Å². The molecule has 0 aromatic carbocycles. The Morgan fingerprint density at radius 1 is 1.52 bits per heavy atom. The summed E-state index contributed by atoms with van der Waals surface area (Å²) in [7, 11) is 0. The van der Waals surface area contributed by atoms with Crippen molar-refractivity contribution in [3.8, 4) is 0 Å². The van der Waals surface area contributed by atoms with Crippen LogP contribution in [0.3, 0.4) is 0 Å². The number of nitrogens with one attached hydrogen (secondary N) is 1. The minimum absolute atomic E-state index is 0.210. The summed E-state index contributed by atoms with van der Waals surface area (Å²) in [6.45, 7) is 2.13. The van der Waals surface area contributed by atoms with E-state index in [0.717, 1.165) is 35.9 Å². The van der Waals surface area contributed by atoms with Crippen molar-refractivity contribution in [2.75, 3.05) is 6.61 Å². The third-order valence-electron chi connectivity index (χ3n) is 3.72. The molecular weight excluding hydrogens is 268 g/mol. The molecule has 0 saturated carbocycles. The SMILES string of the molecule is CCOC(=O)c1c[nH]c2ncnc(C3=CCC(N)CC3)c12. The molecule has 0 aliphatic heterocycles. The first-order valence-electron chi connectivity index (χ1n) is 7.15. The molecule has 0 fully saturated rings. The number of esters is 1. The van der Waals surface area contributed by atoms with E-state index in [-0.39, 0.29) is 12.0 Å². The molecule has 0 spiro atoms. The molecule has 0 amide bonds. The number of H-pyrrole nitrogens is 1. The van der Waals surface area contributed by atoms with Crippen LogP contribution in [-0.2, 0) is 4.74 Å². The number of aromatic nitrogens is 3. The molecule has 6 nitrogen and oxygen atoms in total. The van der Waals surface area contributed by atoms with E-state index < -0.39 is 0 Å². The second-order valence-electron chi connectivity index (χ2n) is 5.13. The van der Waals surface area contributed by atoms with Crippen LogP contribution >= 0.6 is 0 Å². The van der Waals surface area contributed by atoms with Crippen LogP contribution in [0.4, 0.5) is 0 Å². The van der Waals surface area contributed by atoms with E-state index in [0.29, 0.717) is 17.8 Å². The summed E-state index contributed by atoms with van der Waals surface area (Å²) in [5.74, 6) is -0.354. The Bertz CT molecular complexity index is 705. The van der Waals surface area contributed by atoms with Crippen molar-refractivity contribution in [2.24, 2.45) is 5.73 Å². The summed E-state index contributed by atoms with van der Waals surface area (Å²) >= 11 is 0. The first-order valence-corrected chi connectivity index (χ1v) is 7.15. The van der Waals surface area contributed by atoms with E-state index in [4.69, 9.17) is 10.5 Å². The van der Waals surface area contributed by atoms with Crippen LogP contribution in [0.25, 0.3) is 16.6 Å². The third kappa shape index (κ3) is 2.54. The lowest BCUT2D eigenvalue weighted by atomic mass is 9.92. The fourth-order valence-electron chi connectivity index (χ4n) is 2.65. The third-order valence-corrected chi connectivity index (χ3v) is 3.72. The normalized spacial score (nSPS) is 18.6. The topological polar surface area (TPSA) is 93.9 Å². The Hall–Kier alpha value is -2.21. The summed E-state index contributed by atoms with van der Waals surface area (Å²) in [5, 5.41) is 0.734. The number of fused-ring (bicyclic) bond motifs is 1. The number of rotatable bonds is 3. The van der Waals surface area contributed by atoms with Crippen LogP contribution < -0.4 is 5.73 Å². The predicted molar refractivity (Wildman–Crippen MR) is 79.6 cm³/mol. The number of ether oxygens (including phenoxy) is 1. The van der Waals surface area contributed by atoms with E-state index in [1.807, 2.05) is 0 Å². The molecule has 6 heteroatoms. The van der Waals surface area contributed by atoms with Gasteiger partial charge < -0.3 is 15.5 Å². The Labute approximate surface area is 122 Å². The van der Waals surface area contributed by atoms with Gasteiger partial charge in [-0.05, 0) is 31.8 Å². The van der Waals surface area contributed by atoms with Crippen molar-refractivity contribution < 1.29 is 9.53 Å². The zero-order valence-electron chi connectivity index (χ0n) is 11.9. The Balaban J connectivity index is 2.10. The number of hydrogen-bond donors (Lipinski definition) is 2. The van der Waals surface area contributed by atoms with Crippen LogP contribution in [0, 0.1) is 0 Å². The second-order valence-corrected chi connectivity index (χ2v) is 5.13. The maximum atomic E-state index is 12.1. The van der Waals surface area contributed by atoms with Gasteiger partial charge in [-0.1, -0.05) is 6.08 Å². The summed E-state index contributed by atoms with van der Waals surface area (Å²) in [5.41, 5.74) is 8.99. The first-order chi connectivity index (χ1) is 10.2. The van der Waals surface area contributed by atoms with Crippen molar-refractivity contribution >= 4 is 22.6 Å². The highest BCUT2D eigenvalue weighted by Crippen LogP contribution is 2.31. The molecule has 1 unspecified atom stereocenters. The Morgan fingerprint density at radius 3 is 3.10 bits per heavy atom. The van der Waals surface area contributed by atoms with Crippen molar-refractivity contribution in [3.05, 3.63) is 29.9 Å². The first kappa shape index (κ1) is 13.8. The zero-order valence-corrected chi connectivity index (χ0v) is 11.9. The summed E-state index contributed by atoms with van der Waals surface area (Å²) in [4.78, 5) is 23.7. The van der Waals surface area contributed by atoms with Crippen molar-refractivity contribution in [3.63, 3.8) is 0 Å². The van der Waals surface area contributed by atoms with Gasteiger partial charge in [0.25, 0.3) is 0 Å². The largest absolute Gasteiger partial charge is 0.462 e. The second kappa shape index (κ2) is 5.65. The Kier molecular flexibility index (Phi) is 3.70. The van der Waals surface area contributed by atoms with Gasteiger partial charge in [-0.2, -0.15) is 0 Å². The molecule has 1 aliphatic carbocycles. The highest BCUT2D eigenvalue weighted by Gasteiger charge is 2.21. The molecule has 1 atom stereocenters. The van der Waals surface area contributed by atoms with Gasteiger partial charge in [-0.3, -0.25) is 0 Å². The molecule has 3 N–H and O–H groups in total. The number of aromatic amines is 1. The number of nitrogens with two attached hydrogens (primary N) is 1. The van der Waals surface area contributed by atoms with E-state index in [1.165, 1.54) is 6.33 Å². The Morgan fingerprint density at radius 2 is 2.38 bits per heavy atom. The quantitative estimate of drug-likeness (QED) is 0.842. The van der Waals surface area contributed by atoms with Crippen LogP contribution in [-0.4, -0.2) is 33.6 Å². The van der Waals surface area contributed by atoms with Crippen molar-refractivity contribution in [1.29, 1.82) is 0 Å². The smallest absolute Gasteiger partial charge is 0.340 e. The lowest BCUT2D eigenvalue weighted by Crippen LogP contribution is -2.21. The maximum Gasteiger partial charge on any atom is 0.340 e. The molecule has 2 aromatic heterocycles. The number of hydrogen-bond acceptors (Lipinski definition) is 5. The van der Waals surface area contributed by atoms with Gasteiger partial charge in [0.1, 0.15) is 12.0 Å². The molecule has 0 saturated heterocycles. The van der Waals surface area contributed by atoms with Crippen LogP contribution in [0.1, 0.15) is 42.2 Å². The van der Waals surface area contributed by atoms with Gasteiger partial charge in [0, 0.05) is 12.2 Å². The molecule has 2 aromatic rings. The van der Waals surface area contributed by atoms with Crippen LogP contribution in [0.5, 0.6) is 0 Å². The van der Waals surface area contributed by atoms with Crippen LogP contribution in [0.15, 0.2) is 18.6 Å². The van der Waals surface area contributed by atoms with Crippen molar-refractivity contribution in [1.82, 2.24) is 15.0 Å². The van der Waals surface area contributed by atoms with E-state index in [2.05, 4.69) is 21.0 Å². The highest BCUT2D eigenvalue weighted by atomic mass is 16.5. The average Bonchev–Trinajstić information content (AvgIpc) is 2.92. The zero-order chi connectivity index (χ0) is 14.8. The van der Waals surface area contributed by atoms with Crippen LogP contribution in [0.2, 0.25) is 0 Å². The van der Waals surface area contributed by atoms with Gasteiger partial charge >= 0.3 is 5.97 Å². The fourth-order valence-corrected chi connectivity index (χ4v) is 2.65. The maximum absolute atomic E-state index is 12.1. The van der Waals surface area contributed by atoms with Crippen molar-refractivity contribution in [2.45, 2.75) is 32.2 Å². The van der Waals surface area contributed by atoms with Gasteiger partial charge in [0.05, 0.1) is 23.3 Å². The molecule has 0 radical (unpaired) electrons. The molecular formula is C15H18N4O2. The molecule has 3 rings (SSSR count). The monoisotopic (exact) mass is 286 g/mol. The van der Waals surface area contributed by atoms with Gasteiger partial charge in [0.2, 0.25) is 0 Å². The van der Waals surface area contributed by atoms with E-state index >= 15 is 0 Å². The fraction of sp³-hybridized carbons (Fsp3) is 0.400. The predicted octanol–water partition coefficient (Wildman–Crippen LogP) is 2.03. The minimum Gasteiger partial charge on any atom is -0.462 e. The summed E-state index contributed by atoms with van der Waals surface area (Å²) in [6, 6.07) is 0.210. The van der Waals surface area contributed by atoms with Gasteiger partial charge in [-0.15, -0.1) is 0 Å².